The molecule has 0 aliphatic heterocycles. The Morgan fingerprint density at radius 3 is 2.37 bits per heavy atom. The first kappa shape index (κ1) is 19.1. The zero-order chi connectivity index (χ0) is 19.6. The molecular formula is C19H20N2O5S. The van der Waals surface area contributed by atoms with E-state index in [1.807, 2.05) is 0 Å². The number of anilines is 1. The third-order valence-corrected chi connectivity index (χ3v) is 5.75. The van der Waals surface area contributed by atoms with Gasteiger partial charge < -0.3 is 10.4 Å². The van der Waals surface area contributed by atoms with Gasteiger partial charge in [0.1, 0.15) is 0 Å². The SMILES string of the molecule is Cc1ccc(S(=O)(=O)NC2CC2)cc1C(=O)Nc1ccc(CC(=O)O)cc1. The number of carbonyl (C=O) groups excluding carboxylic acids is 1. The van der Waals surface area contributed by atoms with Gasteiger partial charge in [-0.3, -0.25) is 9.59 Å². The van der Waals surface area contributed by atoms with E-state index in [1.54, 1.807) is 37.3 Å². The predicted molar refractivity (Wildman–Crippen MR) is 100 cm³/mol. The van der Waals surface area contributed by atoms with Crippen LogP contribution in [0.4, 0.5) is 5.69 Å². The van der Waals surface area contributed by atoms with Gasteiger partial charge in [0.2, 0.25) is 10.0 Å². The van der Waals surface area contributed by atoms with E-state index in [9.17, 15) is 18.0 Å². The fraction of sp³-hybridized carbons (Fsp3) is 0.263. The van der Waals surface area contributed by atoms with Crippen molar-refractivity contribution >= 4 is 27.6 Å². The summed E-state index contributed by atoms with van der Waals surface area (Å²) in [7, 11) is -3.65. The molecule has 0 spiro atoms. The molecule has 1 amide bonds. The number of carboxylic acids is 1. The number of aryl methyl sites for hydroxylation is 1. The average Bonchev–Trinajstić information content (AvgIpc) is 3.39. The summed E-state index contributed by atoms with van der Waals surface area (Å²) < 4.78 is 27.3. The zero-order valence-corrected chi connectivity index (χ0v) is 15.5. The molecule has 0 unspecified atom stereocenters. The number of amides is 1. The minimum atomic E-state index is -3.65. The molecule has 1 saturated carbocycles. The van der Waals surface area contributed by atoms with Gasteiger partial charge in [-0.1, -0.05) is 18.2 Å². The smallest absolute Gasteiger partial charge is 0.307 e. The third kappa shape index (κ3) is 4.93. The number of nitrogens with one attached hydrogen (secondary N) is 2. The van der Waals surface area contributed by atoms with Crippen LogP contribution in [0.15, 0.2) is 47.4 Å². The molecular weight excluding hydrogens is 368 g/mol. The number of carbonyl (C=O) groups is 2. The molecule has 0 aromatic heterocycles. The Morgan fingerprint density at radius 1 is 1.11 bits per heavy atom. The van der Waals surface area contributed by atoms with Crippen molar-refractivity contribution in [3.63, 3.8) is 0 Å². The van der Waals surface area contributed by atoms with Gasteiger partial charge in [-0.05, 0) is 55.2 Å². The summed E-state index contributed by atoms with van der Waals surface area (Å²) in [6.45, 7) is 1.73. The second-order valence-corrected chi connectivity index (χ2v) is 8.31. The van der Waals surface area contributed by atoms with E-state index in [-0.39, 0.29) is 22.9 Å². The van der Waals surface area contributed by atoms with Gasteiger partial charge in [0.15, 0.2) is 0 Å². The summed E-state index contributed by atoms with van der Waals surface area (Å²) in [4.78, 5) is 23.4. The van der Waals surface area contributed by atoms with Gasteiger partial charge in [0.25, 0.3) is 5.91 Å². The average molecular weight is 388 g/mol. The number of rotatable bonds is 7. The number of hydrogen-bond acceptors (Lipinski definition) is 4. The zero-order valence-electron chi connectivity index (χ0n) is 14.7. The Labute approximate surface area is 157 Å². The number of aliphatic carboxylic acids is 1. The van der Waals surface area contributed by atoms with Crippen LogP contribution in [0, 0.1) is 6.92 Å². The highest BCUT2D eigenvalue weighted by Crippen LogP contribution is 2.23. The van der Waals surface area contributed by atoms with Crippen LogP contribution in [0.2, 0.25) is 0 Å². The molecule has 0 radical (unpaired) electrons. The monoisotopic (exact) mass is 388 g/mol. The van der Waals surface area contributed by atoms with Crippen molar-refractivity contribution in [3.05, 3.63) is 59.2 Å². The molecule has 0 bridgehead atoms. The molecule has 142 valence electrons. The number of carboxylic acid groups (broad SMARTS) is 1. The van der Waals surface area contributed by atoms with Gasteiger partial charge in [0.05, 0.1) is 11.3 Å². The summed E-state index contributed by atoms with van der Waals surface area (Å²) in [5, 5.41) is 11.5. The third-order valence-electron chi connectivity index (χ3n) is 4.23. The highest BCUT2D eigenvalue weighted by Gasteiger charge is 2.28. The molecule has 0 saturated heterocycles. The minimum Gasteiger partial charge on any atom is -0.481 e. The van der Waals surface area contributed by atoms with Crippen LogP contribution < -0.4 is 10.0 Å². The first-order valence-electron chi connectivity index (χ1n) is 8.50. The molecule has 3 N–H and O–H groups in total. The van der Waals surface area contributed by atoms with Crippen LogP contribution in [0.5, 0.6) is 0 Å². The van der Waals surface area contributed by atoms with E-state index in [1.165, 1.54) is 12.1 Å². The van der Waals surface area contributed by atoms with E-state index in [4.69, 9.17) is 5.11 Å². The van der Waals surface area contributed by atoms with Gasteiger partial charge in [0, 0.05) is 17.3 Å². The van der Waals surface area contributed by atoms with Crippen molar-refractivity contribution in [3.8, 4) is 0 Å². The molecule has 1 fully saturated rings. The first-order chi connectivity index (χ1) is 12.7. The Morgan fingerprint density at radius 2 is 1.78 bits per heavy atom. The summed E-state index contributed by atoms with van der Waals surface area (Å²) in [5.41, 5.74) is 2.04. The van der Waals surface area contributed by atoms with E-state index in [2.05, 4.69) is 10.0 Å². The van der Waals surface area contributed by atoms with Crippen LogP contribution >= 0.6 is 0 Å². The van der Waals surface area contributed by atoms with Crippen LogP contribution in [-0.2, 0) is 21.2 Å². The summed E-state index contributed by atoms with van der Waals surface area (Å²) in [5.74, 6) is -1.36. The van der Waals surface area contributed by atoms with Crippen LogP contribution in [0.1, 0.15) is 34.3 Å². The van der Waals surface area contributed by atoms with Crippen molar-refractivity contribution in [2.24, 2.45) is 0 Å². The molecule has 1 aliphatic rings. The highest BCUT2D eigenvalue weighted by molar-refractivity contribution is 7.89. The Bertz CT molecular complexity index is 980. The van der Waals surface area contributed by atoms with Crippen molar-refractivity contribution in [1.29, 1.82) is 0 Å². The topological polar surface area (TPSA) is 113 Å². The lowest BCUT2D eigenvalue weighted by molar-refractivity contribution is -0.136. The molecule has 1 aliphatic carbocycles. The van der Waals surface area contributed by atoms with E-state index < -0.39 is 21.9 Å². The fourth-order valence-corrected chi connectivity index (χ4v) is 3.91. The quantitative estimate of drug-likeness (QED) is 0.674. The summed E-state index contributed by atoms with van der Waals surface area (Å²) >= 11 is 0. The predicted octanol–water partition coefficient (Wildman–Crippen LogP) is 2.32. The van der Waals surface area contributed by atoms with Crippen molar-refractivity contribution in [2.75, 3.05) is 5.32 Å². The molecule has 2 aromatic rings. The first-order valence-corrected chi connectivity index (χ1v) is 9.98. The lowest BCUT2D eigenvalue weighted by Crippen LogP contribution is -2.26. The van der Waals surface area contributed by atoms with Crippen molar-refractivity contribution in [1.82, 2.24) is 4.72 Å². The van der Waals surface area contributed by atoms with Crippen molar-refractivity contribution < 1.29 is 23.1 Å². The lowest BCUT2D eigenvalue weighted by Gasteiger charge is -2.11. The number of hydrogen-bond donors (Lipinski definition) is 3. The highest BCUT2D eigenvalue weighted by atomic mass is 32.2. The van der Waals surface area contributed by atoms with Gasteiger partial charge in [-0.15, -0.1) is 0 Å². The van der Waals surface area contributed by atoms with E-state index >= 15 is 0 Å². The molecule has 8 heteroatoms. The molecule has 3 rings (SSSR count). The second-order valence-electron chi connectivity index (χ2n) is 6.59. The van der Waals surface area contributed by atoms with E-state index in [0.29, 0.717) is 16.8 Å². The van der Waals surface area contributed by atoms with Gasteiger partial charge >= 0.3 is 5.97 Å². The summed E-state index contributed by atoms with van der Waals surface area (Å²) in [6, 6.07) is 10.9. The van der Waals surface area contributed by atoms with Gasteiger partial charge in [-0.25, -0.2) is 13.1 Å². The minimum absolute atomic E-state index is 0.0158. The van der Waals surface area contributed by atoms with Crippen LogP contribution in [-0.4, -0.2) is 31.4 Å². The van der Waals surface area contributed by atoms with Crippen LogP contribution in [0.3, 0.4) is 0 Å². The van der Waals surface area contributed by atoms with E-state index in [0.717, 1.165) is 12.8 Å². The Kier molecular flexibility index (Phi) is 5.29. The van der Waals surface area contributed by atoms with Crippen molar-refractivity contribution in [2.45, 2.75) is 37.1 Å². The molecule has 7 nitrogen and oxygen atoms in total. The number of sulfonamides is 1. The normalized spacial score (nSPS) is 14.0. The maximum absolute atomic E-state index is 12.6. The van der Waals surface area contributed by atoms with Crippen LogP contribution in [0.25, 0.3) is 0 Å². The summed E-state index contributed by atoms with van der Waals surface area (Å²) in [6.07, 6.45) is 1.56. The molecule has 27 heavy (non-hydrogen) atoms. The second kappa shape index (κ2) is 7.50. The molecule has 2 aromatic carbocycles. The Balaban J connectivity index is 1.77. The fourth-order valence-electron chi connectivity index (χ4n) is 2.58. The Hall–Kier alpha value is -2.71. The molecule has 0 atom stereocenters. The molecule has 0 heterocycles. The van der Waals surface area contributed by atoms with Gasteiger partial charge in [-0.2, -0.15) is 0 Å². The maximum atomic E-state index is 12.6. The standard InChI is InChI=1S/C19H20N2O5S/c1-12-2-9-16(27(25,26)21-15-7-8-15)11-17(12)19(24)20-14-5-3-13(4-6-14)10-18(22)23/h2-6,9,11,15,21H,7-8,10H2,1H3,(H,20,24)(H,22,23). The number of benzene rings is 2. The maximum Gasteiger partial charge on any atom is 0.307 e. The largest absolute Gasteiger partial charge is 0.481 e. The lowest BCUT2D eigenvalue weighted by atomic mass is 10.1.